The Morgan fingerprint density at radius 3 is 1.79 bits per heavy atom. The first-order valence-electron chi connectivity index (χ1n) is 6.25. The fourth-order valence-electron chi connectivity index (χ4n) is 2.19. The van der Waals surface area contributed by atoms with Gasteiger partial charge in [-0.25, -0.2) is 0 Å². The van der Waals surface area contributed by atoms with Gasteiger partial charge in [-0.1, -0.05) is 0 Å². The molecule has 8 heteroatoms. The van der Waals surface area contributed by atoms with Gasteiger partial charge in [0, 0.05) is 32.6 Å². The van der Waals surface area contributed by atoms with Gasteiger partial charge in [-0.3, -0.25) is 14.5 Å². The Hall–Kier alpha value is -1.22. The van der Waals surface area contributed by atoms with Gasteiger partial charge >= 0.3 is 11.9 Å². The highest BCUT2D eigenvalue weighted by atomic mass is 16.4. The van der Waals surface area contributed by atoms with Crippen molar-refractivity contribution >= 4 is 11.9 Å². The maximum Gasteiger partial charge on any atom is 0.324 e. The molecule has 0 radical (unpaired) electrons. The van der Waals surface area contributed by atoms with Crippen LogP contribution in [-0.2, 0) is 9.59 Å². The van der Waals surface area contributed by atoms with E-state index in [9.17, 15) is 14.7 Å². The quantitative estimate of drug-likeness (QED) is 0.297. The summed E-state index contributed by atoms with van der Waals surface area (Å²) in [5.74, 6) is -2.12. The summed E-state index contributed by atoms with van der Waals surface area (Å²) in [6.45, 7) is 1.36. The molecule has 0 aliphatic heterocycles. The van der Waals surface area contributed by atoms with E-state index in [1.54, 1.807) is 4.90 Å². The van der Waals surface area contributed by atoms with Crippen molar-refractivity contribution in [3.05, 3.63) is 0 Å². The van der Waals surface area contributed by atoms with Gasteiger partial charge in [-0.2, -0.15) is 0 Å². The second kappa shape index (κ2) is 8.81. The van der Waals surface area contributed by atoms with E-state index >= 15 is 0 Å². The fourth-order valence-corrected chi connectivity index (χ4v) is 2.19. The number of nitrogens with zero attached hydrogens (tertiary/aromatic N) is 1. The van der Waals surface area contributed by atoms with Gasteiger partial charge in [0.25, 0.3) is 0 Å². The lowest BCUT2D eigenvalue weighted by atomic mass is 9.87. The van der Waals surface area contributed by atoms with Gasteiger partial charge in [0.05, 0.1) is 0 Å². The average molecular weight is 276 g/mol. The van der Waals surface area contributed by atoms with Crippen LogP contribution < -0.4 is 17.2 Å². The molecule has 0 aromatic heterocycles. The van der Waals surface area contributed by atoms with Crippen molar-refractivity contribution in [2.75, 3.05) is 32.7 Å². The summed E-state index contributed by atoms with van der Waals surface area (Å²) in [6, 6.07) is 0. The summed E-state index contributed by atoms with van der Waals surface area (Å²) < 4.78 is 0. The maximum atomic E-state index is 11.6. The van der Waals surface area contributed by atoms with Gasteiger partial charge in [-0.15, -0.1) is 0 Å². The summed E-state index contributed by atoms with van der Waals surface area (Å²) in [5.41, 5.74) is 15.1. The molecule has 0 fully saturated rings. The Bertz CT molecular complexity index is 294. The normalized spacial score (nSPS) is 14.3. The van der Waals surface area contributed by atoms with E-state index in [0.29, 0.717) is 13.1 Å². The van der Waals surface area contributed by atoms with Gasteiger partial charge in [-0.05, 0) is 19.4 Å². The van der Waals surface area contributed by atoms with Crippen LogP contribution in [0.5, 0.6) is 0 Å². The van der Waals surface area contributed by atoms with E-state index in [-0.39, 0.29) is 38.9 Å². The van der Waals surface area contributed by atoms with E-state index < -0.39 is 17.5 Å². The standard InChI is InChI=1S/C11H24N4O4/c12-4-3-11(10(18)19,2-1-9(16)17)15(7-5-13)8-6-14/h1-8,12-14H2,(H,16,17)(H,18,19)/t11-/m1/s1. The van der Waals surface area contributed by atoms with Crippen LogP contribution in [0.25, 0.3) is 0 Å². The fraction of sp³-hybridized carbons (Fsp3) is 0.818. The summed E-state index contributed by atoms with van der Waals surface area (Å²) in [6.07, 6.45) is -0.0948. The summed E-state index contributed by atoms with van der Waals surface area (Å²) >= 11 is 0. The molecular weight excluding hydrogens is 252 g/mol. The first-order chi connectivity index (χ1) is 8.94. The predicted octanol–water partition coefficient (Wildman–Crippen LogP) is -1.76. The molecule has 8 N–H and O–H groups in total. The van der Waals surface area contributed by atoms with E-state index in [4.69, 9.17) is 22.3 Å². The topological polar surface area (TPSA) is 156 Å². The van der Waals surface area contributed by atoms with Crippen LogP contribution in [0.3, 0.4) is 0 Å². The molecule has 0 heterocycles. The minimum atomic E-state index is -1.31. The van der Waals surface area contributed by atoms with E-state index in [1.807, 2.05) is 0 Å². The molecule has 0 saturated heterocycles. The summed E-state index contributed by atoms with van der Waals surface area (Å²) in [5, 5.41) is 18.3. The number of carboxylic acids is 2. The minimum absolute atomic E-state index is 0.0190. The Kier molecular flexibility index (Phi) is 8.24. The molecule has 0 aliphatic rings. The molecule has 0 amide bonds. The number of nitrogens with two attached hydrogens (primary N) is 3. The zero-order valence-corrected chi connectivity index (χ0v) is 11.0. The van der Waals surface area contributed by atoms with Gasteiger partial charge < -0.3 is 27.4 Å². The number of hydrogen-bond donors (Lipinski definition) is 5. The molecule has 112 valence electrons. The van der Waals surface area contributed by atoms with Crippen LogP contribution in [0.4, 0.5) is 0 Å². The third-order valence-electron chi connectivity index (χ3n) is 3.11. The number of carboxylic acid groups (broad SMARTS) is 2. The van der Waals surface area contributed by atoms with Crippen molar-refractivity contribution in [1.82, 2.24) is 4.90 Å². The van der Waals surface area contributed by atoms with Crippen molar-refractivity contribution in [2.24, 2.45) is 17.2 Å². The Labute approximate surface area is 112 Å². The minimum Gasteiger partial charge on any atom is -0.481 e. The van der Waals surface area contributed by atoms with Crippen LogP contribution in [0.2, 0.25) is 0 Å². The van der Waals surface area contributed by atoms with Gasteiger partial charge in [0.1, 0.15) is 5.54 Å². The molecule has 19 heavy (non-hydrogen) atoms. The number of carbonyl (C=O) groups is 2. The molecule has 0 rings (SSSR count). The first kappa shape index (κ1) is 17.8. The summed E-state index contributed by atoms with van der Waals surface area (Å²) in [4.78, 5) is 24.0. The molecule has 0 bridgehead atoms. The molecular formula is C11H24N4O4. The lowest BCUT2D eigenvalue weighted by molar-refractivity contribution is -0.153. The van der Waals surface area contributed by atoms with Crippen molar-refractivity contribution in [3.8, 4) is 0 Å². The second-order valence-corrected chi connectivity index (χ2v) is 4.33. The third-order valence-corrected chi connectivity index (χ3v) is 3.11. The Morgan fingerprint density at radius 2 is 1.47 bits per heavy atom. The molecule has 0 spiro atoms. The monoisotopic (exact) mass is 276 g/mol. The Morgan fingerprint density at radius 1 is 0.947 bits per heavy atom. The molecule has 0 aromatic carbocycles. The number of rotatable bonds is 11. The number of hydrogen-bond acceptors (Lipinski definition) is 6. The molecule has 0 aliphatic carbocycles. The molecule has 0 aromatic rings. The van der Waals surface area contributed by atoms with E-state index in [2.05, 4.69) is 0 Å². The van der Waals surface area contributed by atoms with Crippen LogP contribution in [-0.4, -0.2) is 65.3 Å². The largest absolute Gasteiger partial charge is 0.481 e. The number of aliphatic carboxylic acids is 2. The van der Waals surface area contributed by atoms with Crippen molar-refractivity contribution < 1.29 is 19.8 Å². The third kappa shape index (κ3) is 5.11. The van der Waals surface area contributed by atoms with E-state index in [0.717, 1.165) is 0 Å². The second-order valence-electron chi connectivity index (χ2n) is 4.33. The van der Waals surface area contributed by atoms with Crippen molar-refractivity contribution in [3.63, 3.8) is 0 Å². The zero-order chi connectivity index (χ0) is 14.9. The highest BCUT2D eigenvalue weighted by Gasteiger charge is 2.43. The first-order valence-corrected chi connectivity index (χ1v) is 6.25. The lowest BCUT2D eigenvalue weighted by Crippen LogP contribution is -2.58. The molecule has 1 atom stereocenters. The van der Waals surface area contributed by atoms with Crippen LogP contribution in [0, 0.1) is 0 Å². The maximum absolute atomic E-state index is 11.6. The zero-order valence-electron chi connectivity index (χ0n) is 11.0. The van der Waals surface area contributed by atoms with Crippen LogP contribution in [0.15, 0.2) is 0 Å². The van der Waals surface area contributed by atoms with Crippen LogP contribution in [0.1, 0.15) is 19.3 Å². The highest BCUT2D eigenvalue weighted by Crippen LogP contribution is 2.26. The Balaban J connectivity index is 5.24. The van der Waals surface area contributed by atoms with Gasteiger partial charge in [0.15, 0.2) is 0 Å². The molecule has 8 nitrogen and oxygen atoms in total. The smallest absolute Gasteiger partial charge is 0.324 e. The van der Waals surface area contributed by atoms with Crippen LogP contribution >= 0.6 is 0 Å². The van der Waals surface area contributed by atoms with Crippen molar-refractivity contribution in [2.45, 2.75) is 24.8 Å². The molecule has 0 unspecified atom stereocenters. The van der Waals surface area contributed by atoms with Gasteiger partial charge in [0.2, 0.25) is 0 Å². The predicted molar refractivity (Wildman–Crippen MR) is 70.6 cm³/mol. The average Bonchev–Trinajstić information content (AvgIpc) is 2.34. The highest BCUT2D eigenvalue weighted by molar-refractivity contribution is 5.80. The summed E-state index contributed by atoms with van der Waals surface area (Å²) in [7, 11) is 0. The van der Waals surface area contributed by atoms with E-state index in [1.165, 1.54) is 0 Å². The van der Waals surface area contributed by atoms with Crippen molar-refractivity contribution in [1.29, 1.82) is 0 Å². The lowest BCUT2D eigenvalue weighted by Gasteiger charge is -2.40. The SMILES string of the molecule is NCCN(CCN)[C@@](CCN)(CCC(=O)O)C(=O)O. The molecule has 0 saturated carbocycles.